The molecule has 0 amide bonds. The van der Waals surface area contributed by atoms with E-state index in [-0.39, 0.29) is 6.71 Å². The Labute approximate surface area is 230 Å². The number of anilines is 6. The maximum atomic E-state index is 2.53. The minimum Gasteiger partial charge on any atom is -0.311 e. The first-order valence-corrected chi connectivity index (χ1v) is 14.5. The van der Waals surface area contributed by atoms with Crippen LogP contribution in [0, 0.1) is 0 Å². The van der Waals surface area contributed by atoms with Gasteiger partial charge in [0.25, 0.3) is 6.71 Å². The topological polar surface area (TPSA) is 6.48 Å². The molecule has 4 aliphatic rings. The van der Waals surface area contributed by atoms with Crippen LogP contribution in [0.3, 0.4) is 0 Å². The molecule has 0 unspecified atom stereocenters. The summed E-state index contributed by atoms with van der Waals surface area (Å²) < 4.78 is 0. The molecule has 2 aliphatic carbocycles. The van der Waals surface area contributed by atoms with E-state index in [0.29, 0.717) is 0 Å². The van der Waals surface area contributed by atoms with Crippen LogP contribution in [0.2, 0.25) is 0 Å². The first-order valence-electron chi connectivity index (χ1n) is 14.5. The number of benzene rings is 5. The Bertz CT molecular complexity index is 1680. The molecule has 0 fully saturated rings. The zero-order valence-electron chi connectivity index (χ0n) is 22.0. The molecular weight excluding hydrogens is 471 g/mol. The van der Waals surface area contributed by atoms with Gasteiger partial charge in [0.1, 0.15) is 0 Å². The normalized spacial score (nSPS) is 15.9. The summed E-state index contributed by atoms with van der Waals surface area (Å²) in [5, 5.41) is 0. The maximum absolute atomic E-state index is 2.53. The predicted octanol–water partition coefficient (Wildman–Crippen LogP) is 6.75. The number of fused-ring (bicyclic) bond motifs is 6. The molecule has 39 heavy (non-hydrogen) atoms. The number of nitrogens with zero attached hydrogens (tertiary/aromatic N) is 2. The fraction of sp³-hybridized carbons (Fsp3) is 0.167. The van der Waals surface area contributed by atoms with Gasteiger partial charge in [0.2, 0.25) is 0 Å². The van der Waals surface area contributed by atoms with E-state index in [2.05, 4.69) is 113 Å². The molecule has 0 N–H and O–H groups in total. The molecule has 2 aliphatic heterocycles. The number of aryl methyl sites for hydroxylation is 4. The Balaban J connectivity index is 1.32. The third kappa shape index (κ3) is 3.05. The van der Waals surface area contributed by atoms with Crippen LogP contribution in [0.4, 0.5) is 34.1 Å². The lowest BCUT2D eigenvalue weighted by molar-refractivity contribution is 0.912. The van der Waals surface area contributed by atoms with Crippen molar-refractivity contribution < 1.29 is 0 Å². The van der Waals surface area contributed by atoms with Crippen molar-refractivity contribution in [2.75, 3.05) is 9.80 Å². The van der Waals surface area contributed by atoms with Crippen LogP contribution < -0.4 is 26.2 Å². The van der Waals surface area contributed by atoms with Crippen molar-refractivity contribution in [3.05, 3.63) is 125 Å². The molecule has 5 aromatic carbocycles. The van der Waals surface area contributed by atoms with Gasteiger partial charge in [-0.15, -0.1) is 0 Å². The van der Waals surface area contributed by atoms with Gasteiger partial charge < -0.3 is 9.80 Å². The maximum Gasteiger partial charge on any atom is 0.252 e. The molecular formula is C36H29BN2. The predicted molar refractivity (Wildman–Crippen MR) is 165 cm³/mol. The third-order valence-corrected chi connectivity index (χ3v) is 9.49. The van der Waals surface area contributed by atoms with Gasteiger partial charge >= 0.3 is 0 Å². The van der Waals surface area contributed by atoms with Crippen LogP contribution in [-0.2, 0) is 25.7 Å². The molecule has 0 saturated heterocycles. The molecule has 9 rings (SSSR count). The van der Waals surface area contributed by atoms with E-state index in [0.717, 1.165) is 0 Å². The lowest BCUT2D eigenvalue weighted by Crippen LogP contribution is -2.61. The number of rotatable bonds is 2. The molecule has 2 nitrogen and oxygen atoms in total. The minimum absolute atomic E-state index is 0.208. The lowest BCUT2D eigenvalue weighted by atomic mass is 9.33. The molecule has 186 valence electrons. The summed E-state index contributed by atoms with van der Waals surface area (Å²) in [7, 11) is 0. The summed E-state index contributed by atoms with van der Waals surface area (Å²) in [6.45, 7) is 0.208. The Morgan fingerprint density at radius 3 is 1.44 bits per heavy atom. The highest BCUT2D eigenvalue weighted by Crippen LogP contribution is 2.44. The van der Waals surface area contributed by atoms with Crippen molar-refractivity contribution >= 4 is 57.2 Å². The van der Waals surface area contributed by atoms with E-state index in [1.807, 2.05) is 0 Å². The quantitative estimate of drug-likeness (QED) is 0.243. The van der Waals surface area contributed by atoms with E-state index in [1.165, 1.54) is 111 Å². The van der Waals surface area contributed by atoms with Gasteiger partial charge in [-0.3, -0.25) is 0 Å². The zero-order valence-corrected chi connectivity index (χ0v) is 22.0. The Morgan fingerprint density at radius 2 is 0.897 bits per heavy atom. The highest BCUT2D eigenvalue weighted by atomic mass is 15.2. The smallest absolute Gasteiger partial charge is 0.252 e. The lowest BCUT2D eigenvalue weighted by Gasteiger charge is -2.44. The molecule has 0 atom stereocenters. The molecule has 5 aromatic rings. The van der Waals surface area contributed by atoms with Crippen molar-refractivity contribution in [2.45, 2.75) is 38.5 Å². The van der Waals surface area contributed by atoms with Gasteiger partial charge in [-0.05, 0) is 126 Å². The van der Waals surface area contributed by atoms with Crippen molar-refractivity contribution in [3.8, 4) is 0 Å². The van der Waals surface area contributed by atoms with Gasteiger partial charge in [-0.25, -0.2) is 0 Å². The van der Waals surface area contributed by atoms with Gasteiger partial charge in [-0.2, -0.15) is 0 Å². The second-order valence-electron chi connectivity index (χ2n) is 11.5. The third-order valence-electron chi connectivity index (χ3n) is 9.49. The molecule has 0 aromatic heterocycles. The van der Waals surface area contributed by atoms with E-state index < -0.39 is 0 Å². The summed E-state index contributed by atoms with van der Waals surface area (Å²) in [6.07, 6.45) is 7.33. The summed E-state index contributed by atoms with van der Waals surface area (Å²) in [6, 6.07) is 39.4. The zero-order chi connectivity index (χ0) is 25.5. The van der Waals surface area contributed by atoms with Crippen molar-refractivity contribution in [2.24, 2.45) is 0 Å². The van der Waals surface area contributed by atoms with Crippen LogP contribution in [0.25, 0.3) is 0 Å². The first-order chi connectivity index (χ1) is 19.3. The van der Waals surface area contributed by atoms with E-state index in [1.54, 1.807) is 0 Å². The number of hydrogen-bond donors (Lipinski definition) is 0. The van der Waals surface area contributed by atoms with Gasteiger partial charge in [0.05, 0.1) is 0 Å². The second kappa shape index (κ2) is 8.13. The summed E-state index contributed by atoms with van der Waals surface area (Å²) >= 11 is 0. The Morgan fingerprint density at radius 1 is 0.436 bits per heavy atom. The Kier molecular flexibility index (Phi) is 4.52. The van der Waals surface area contributed by atoms with Gasteiger partial charge in [-0.1, -0.05) is 54.6 Å². The second-order valence-corrected chi connectivity index (χ2v) is 11.5. The molecule has 0 radical (unpaired) electrons. The largest absolute Gasteiger partial charge is 0.311 e. The average Bonchev–Trinajstić information content (AvgIpc) is 3.66. The van der Waals surface area contributed by atoms with Crippen LogP contribution in [0.1, 0.15) is 35.1 Å². The van der Waals surface area contributed by atoms with Crippen LogP contribution in [0.15, 0.2) is 103 Å². The molecule has 3 heteroatoms. The summed E-state index contributed by atoms with van der Waals surface area (Å²) in [5.41, 5.74) is 18.0. The highest BCUT2D eigenvalue weighted by molar-refractivity contribution is 7.00. The molecule has 0 spiro atoms. The standard InChI is InChI=1S/C36H29BN2/c1-3-14-32-30(12-1)37-31-13-2-4-15-33(31)39(29-21-19-25-9-6-11-27(25)23-29)35-17-7-16-34(36(35)37)38(32)28-20-18-24-8-5-10-26(24)22-28/h1-4,7,12-23H,5-6,8-11H2. The van der Waals surface area contributed by atoms with E-state index in [9.17, 15) is 0 Å². The number of para-hydroxylation sites is 2. The van der Waals surface area contributed by atoms with Crippen molar-refractivity contribution in [3.63, 3.8) is 0 Å². The Hall–Kier alpha value is -4.24. The van der Waals surface area contributed by atoms with E-state index >= 15 is 0 Å². The molecule has 2 heterocycles. The van der Waals surface area contributed by atoms with Crippen molar-refractivity contribution in [1.82, 2.24) is 0 Å². The van der Waals surface area contributed by atoms with Crippen molar-refractivity contribution in [1.29, 1.82) is 0 Å². The summed E-state index contributed by atoms with van der Waals surface area (Å²) in [5.74, 6) is 0. The van der Waals surface area contributed by atoms with Crippen LogP contribution in [0.5, 0.6) is 0 Å². The number of hydrogen-bond acceptors (Lipinski definition) is 2. The monoisotopic (exact) mass is 500 g/mol. The van der Waals surface area contributed by atoms with E-state index in [4.69, 9.17) is 0 Å². The SMILES string of the molecule is c1ccc2c(c1)B1c3ccccc3N(c3ccc4c(c3)CCC4)c3cccc(c31)N2c1ccc2c(c1)CCC2. The van der Waals surface area contributed by atoms with Gasteiger partial charge in [0.15, 0.2) is 0 Å². The molecule has 0 saturated carbocycles. The fourth-order valence-corrected chi connectivity index (χ4v) is 7.79. The first kappa shape index (κ1) is 21.7. The van der Waals surface area contributed by atoms with Crippen LogP contribution >= 0.6 is 0 Å². The van der Waals surface area contributed by atoms with Gasteiger partial charge in [0, 0.05) is 34.1 Å². The average molecular weight is 500 g/mol. The molecule has 0 bridgehead atoms. The summed E-state index contributed by atoms with van der Waals surface area (Å²) in [4.78, 5) is 5.05. The minimum atomic E-state index is 0.208. The highest BCUT2D eigenvalue weighted by Gasteiger charge is 2.42. The van der Waals surface area contributed by atoms with Crippen LogP contribution in [-0.4, -0.2) is 6.71 Å². The fourth-order valence-electron chi connectivity index (χ4n) is 7.79.